The number of hydrogen-bond acceptors (Lipinski definition) is 2. The van der Waals surface area contributed by atoms with Crippen molar-refractivity contribution in [2.24, 2.45) is 5.41 Å². The molecular formula is C15H19F3N2O. The number of carbonyl (C=O) groups is 1. The molecule has 0 aromatic heterocycles. The van der Waals surface area contributed by atoms with Crippen LogP contribution in [0.3, 0.4) is 0 Å². The fourth-order valence-corrected chi connectivity index (χ4v) is 2.46. The monoisotopic (exact) mass is 300 g/mol. The Bertz CT molecular complexity index is 540. The largest absolute Gasteiger partial charge is 0.406 e. The van der Waals surface area contributed by atoms with Gasteiger partial charge < -0.3 is 0 Å². The first kappa shape index (κ1) is 15.8. The van der Waals surface area contributed by atoms with Crippen molar-refractivity contribution in [3.63, 3.8) is 0 Å². The van der Waals surface area contributed by atoms with Crippen molar-refractivity contribution in [3.05, 3.63) is 35.4 Å². The minimum atomic E-state index is -4.41. The summed E-state index contributed by atoms with van der Waals surface area (Å²) in [5.74, 6) is -0.374. The van der Waals surface area contributed by atoms with Crippen LogP contribution in [0.25, 0.3) is 0 Å². The Balaban J connectivity index is 2.25. The van der Waals surface area contributed by atoms with E-state index in [2.05, 4.69) is 5.43 Å². The van der Waals surface area contributed by atoms with Crippen molar-refractivity contribution in [2.45, 2.75) is 39.4 Å². The van der Waals surface area contributed by atoms with Gasteiger partial charge in [-0.3, -0.25) is 10.2 Å². The van der Waals surface area contributed by atoms with Crippen LogP contribution >= 0.6 is 0 Å². The van der Waals surface area contributed by atoms with E-state index in [0.717, 1.165) is 10.6 Å². The van der Waals surface area contributed by atoms with Gasteiger partial charge in [-0.1, -0.05) is 24.3 Å². The number of carbonyl (C=O) groups excluding carboxylic acids is 1. The summed E-state index contributed by atoms with van der Waals surface area (Å²) in [5.41, 5.74) is 3.01. The standard InChI is InChI=1S/C15H19F3N2O/c1-10-6-4-5-7-11(10)8-12(15(16,17)18)20-9-14(2,3)13(21)19-20/h4-7,12H,8-9H2,1-3H3,(H,19,21). The molecule has 1 aromatic rings. The molecule has 1 aromatic carbocycles. The lowest BCUT2D eigenvalue weighted by Gasteiger charge is -2.30. The van der Waals surface area contributed by atoms with Crippen molar-refractivity contribution < 1.29 is 18.0 Å². The van der Waals surface area contributed by atoms with Crippen molar-refractivity contribution in [1.82, 2.24) is 10.4 Å². The maximum Gasteiger partial charge on any atom is 0.406 e. The Labute approximate surface area is 122 Å². The third kappa shape index (κ3) is 3.37. The zero-order valence-electron chi connectivity index (χ0n) is 12.3. The second kappa shape index (κ2) is 5.33. The van der Waals surface area contributed by atoms with Crippen LogP contribution in [0.15, 0.2) is 24.3 Å². The maximum absolute atomic E-state index is 13.4. The van der Waals surface area contributed by atoms with Crippen molar-refractivity contribution in [1.29, 1.82) is 0 Å². The first-order valence-electron chi connectivity index (χ1n) is 6.80. The molecule has 6 heteroatoms. The lowest BCUT2D eigenvalue weighted by atomic mass is 9.93. The van der Waals surface area contributed by atoms with Gasteiger partial charge in [0.2, 0.25) is 5.91 Å². The molecule has 1 aliphatic rings. The van der Waals surface area contributed by atoms with E-state index in [1.165, 1.54) is 0 Å². The van der Waals surface area contributed by atoms with E-state index in [1.807, 2.05) is 0 Å². The summed E-state index contributed by atoms with van der Waals surface area (Å²) in [5, 5.41) is 1.02. The number of rotatable bonds is 3. The molecule has 0 radical (unpaired) electrons. The SMILES string of the molecule is Cc1ccccc1CC(N1CC(C)(C)C(=O)N1)C(F)(F)F. The fourth-order valence-electron chi connectivity index (χ4n) is 2.46. The number of amides is 1. The topological polar surface area (TPSA) is 32.3 Å². The van der Waals surface area contributed by atoms with E-state index in [-0.39, 0.29) is 18.9 Å². The molecule has 0 aliphatic carbocycles. The molecule has 0 bridgehead atoms. The average Bonchev–Trinajstić information content (AvgIpc) is 2.61. The number of halogens is 3. The summed E-state index contributed by atoms with van der Waals surface area (Å²) in [6.45, 7) is 5.12. The Morgan fingerprint density at radius 3 is 2.43 bits per heavy atom. The van der Waals surface area contributed by atoms with Gasteiger partial charge in [0, 0.05) is 6.54 Å². The molecule has 1 heterocycles. The number of alkyl halides is 3. The third-order valence-corrected chi connectivity index (χ3v) is 3.85. The molecular weight excluding hydrogens is 281 g/mol. The number of aryl methyl sites for hydroxylation is 1. The molecule has 0 saturated carbocycles. The molecule has 1 saturated heterocycles. The van der Waals surface area contributed by atoms with E-state index in [0.29, 0.717) is 5.56 Å². The fraction of sp³-hybridized carbons (Fsp3) is 0.533. The highest BCUT2D eigenvalue weighted by Gasteiger charge is 2.50. The van der Waals surface area contributed by atoms with E-state index in [1.54, 1.807) is 45.0 Å². The summed E-state index contributed by atoms with van der Waals surface area (Å²) >= 11 is 0. The number of nitrogens with one attached hydrogen (secondary N) is 1. The minimum absolute atomic E-state index is 0.0435. The Kier molecular flexibility index (Phi) is 4.02. The predicted octanol–water partition coefficient (Wildman–Crippen LogP) is 2.84. The van der Waals surface area contributed by atoms with Crippen LogP contribution in [0.1, 0.15) is 25.0 Å². The highest BCUT2D eigenvalue weighted by Crippen LogP contribution is 2.32. The summed E-state index contributed by atoms with van der Waals surface area (Å²) in [6, 6.07) is 5.28. The van der Waals surface area contributed by atoms with Crippen molar-refractivity contribution >= 4 is 5.91 Å². The number of hydrogen-bond donors (Lipinski definition) is 1. The molecule has 21 heavy (non-hydrogen) atoms. The van der Waals surface area contributed by atoms with Gasteiger partial charge in [0.15, 0.2) is 0 Å². The lowest BCUT2D eigenvalue weighted by Crippen LogP contribution is -2.51. The number of benzene rings is 1. The second-order valence-electron chi connectivity index (χ2n) is 6.14. The van der Waals surface area contributed by atoms with E-state index in [9.17, 15) is 18.0 Å². The summed E-state index contributed by atoms with van der Waals surface area (Å²) < 4.78 is 40.1. The Morgan fingerprint density at radius 2 is 1.95 bits per heavy atom. The summed E-state index contributed by atoms with van der Waals surface area (Å²) in [4.78, 5) is 11.7. The Morgan fingerprint density at radius 1 is 1.33 bits per heavy atom. The van der Waals surface area contributed by atoms with Crippen LogP contribution in [0.4, 0.5) is 13.2 Å². The van der Waals surface area contributed by atoms with E-state index < -0.39 is 17.6 Å². The van der Waals surface area contributed by atoms with Crippen molar-refractivity contribution in [2.75, 3.05) is 6.54 Å². The third-order valence-electron chi connectivity index (χ3n) is 3.85. The van der Waals surface area contributed by atoms with Gasteiger partial charge in [0.1, 0.15) is 6.04 Å². The van der Waals surface area contributed by atoms with Gasteiger partial charge in [-0.15, -0.1) is 0 Å². The van der Waals surface area contributed by atoms with Gasteiger partial charge >= 0.3 is 6.18 Å². The van der Waals surface area contributed by atoms with E-state index >= 15 is 0 Å². The number of nitrogens with zero attached hydrogens (tertiary/aromatic N) is 1. The molecule has 1 fully saturated rings. The predicted molar refractivity (Wildman–Crippen MR) is 73.4 cm³/mol. The molecule has 116 valence electrons. The van der Waals surface area contributed by atoms with Crippen LogP contribution < -0.4 is 5.43 Å². The van der Waals surface area contributed by atoms with Gasteiger partial charge in [-0.05, 0) is 38.3 Å². The zero-order chi connectivity index (χ0) is 15.8. The first-order chi connectivity index (χ1) is 9.61. The van der Waals surface area contributed by atoms with Gasteiger partial charge in [0.05, 0.1) is 5.41 Å². The summed E-state index contributed by atoms with van der Waals surface area (Å²) in [6.07, 6.45) is -4.58. The van der Waals surface area contributed by atoms with Crippen LogP contribution in [0.2, 0.25) is 0 Å². The molecule has 2 rings (SSSR count). The number of hydrazine groups is 1. The first-order valence-corrected chi connectivity index (χ1v) is 6.80. The molecule has 1 N–H and O–H groups in total. The van der Waals surface area contributed by atoms with Gasteiger partial charge in [0.25, 0.3) is 0 Å². The normalized spacial score (nSPS) is 20.4. The molecule has 3 nitrogen and oxygen atoms in total. The highest BCUT2D eigenvalue weighted by molar-refractivity contribution is 5.83. The average molecular weight is 300 g/mol. The second-order valence-corrected chi connectivity index (χ2v) is 6.14. The quantitative estimate of drug-likeness (QED) is 0.931. The van der Waals surface area contributed by atoms with Crippen LogP contribution in [0.5, 0.6) is 0 Å². The van der Waals surface area contributed by atoms with Crippen LogP contribution in [-0.2, 0) is 11.2 Å². The molecule has 1 aliphatic heterocycles. The molecule has 1 amide bonds. The van der Waals surface area contributed by atoms with Crippen molar-refractivity contribution in [3.8, 4) is 0 Å². The summed E-state index contributed by atoms with van der Waals surface area (Å²) in [7, 11) is 0. The van der Waals surface area contributed by atoms with E-state index in [4.69, 9.17) is 0 Å². The maximum atomic E-state index is 13.4. The minimum Gasteiger partial charge on any atom is -0.288 e. The lowest BCUT2D eigenvalue weighted by molar-refractivity contribution is -0.188. The smallest absolute Gasteiger partial charge is 0.288 e. The zero-order valence-corrected chi connectivity index (χ0v) is 12.3. The highest BCUT2D eigenvalue weighted by atomic mass is 19.4. The Hall–Kier alpha value is -1.56. The van der Waals surface area contributed by atoms with Gasteiger partial charge in [-0.25, -0.2) is 5.01 Å². The molecule has 1 unspecified atom stereocenters. The molecule has 0 spiro atoms. The molecule has 1 atom stereocenters. The van der Waals surface area contributed by atoms with Gasteiger partial charge in [-0.2, -0.15) is 13.2 Å². The van der Waals surface area contributed by atoms with Crippen LogP contribution in [0, 0.1) is 12.3 Å². The van der Waals surface area contributed by atoms with Crippen LogP contribution in [-0.4, -0.2) is 29.7 Å².